The van der Waals surface area contributed by atoms with Crippen molar-refractivity contribution in [3.63, 3.8) is 0 Å². The first-order valence-corrected chi connectivity index (χ1v) is 7.71. The second kappa shape index (κ2) is 8.39. The predicted molar refractivity (Wildman–Crippen MR) is 88.8 cm³/mol. The summed E-state index contributed by atoms with van der Waals surface area (Å²) < 4.78 is 5.78. The third kappa shape index (κ3) is 5.17. The SMILES string of the molecule is CCc1ccc(COc2ccc(C#CCCCl)cc2)cc1. The summed E-state index contributed by atoms with van der Waals surface area (Å²) >= 11 is 5.59. The fourth-order valence-corrected chi connectivity index (χ4v) is 1.98. The number of rotatable bonds is 5. The summed E-state index contributed by atoms with van der Waals surface area (Å²) in [6.07, 6.45) is 1.78. The van der Waals surface area contributed by atoms with Gasteiger partial charge >= 0.3 is 0 Å². The highest BCUT2D eigenvalue weighted by atomic mass is 35.5. The largest absolute Gasteiger partial charge is 0.489 e. The minimum Gasteiger partial charge on any atom is -0.489 e. The molecule has 2 aromatic rings. The van der Waals surface area contributed by atoms with E-state index in [9.17, 15) is 0 Å². The molecular formula is C19H19ClO. The Morgan fingerprint density at radius 3 is 2.24 bits per heavy atom. The van der Waals surface area contributed by atoms with E-state index in [0.717, 1.165) is 17.7 Å². The van der Waals surface area contributed by atoms with Crippen molar-refractivity contribution < 1.29 is 4.74 Å². The van der Waals surface area contributed by atoms with E-state index in [0.29, 0.717) is 18.9 Å². The van der Waals surface area contributed by atoms with E-state index in [1.165, 1.54) is 11.1 Å². The Balaban J connectivity index is 1.89. The van der Waals surface area contributed by atoms with Gasteiger partial charge in [-0.2, -0.15) is 0 Å². The molecule has 0 atom stereocenters. The lowest BCUT2D eigenvalue weighted by Crippen LogP contribution is -1.95. The van der Waals surface area contributed by atoms with Crippen molar-refractivity contribution in [2.24, 2.45) is 0 Å². The Morgan fingerprint density at radius 2 is 1.62 bits per heavy atom. The number of aryl methyl sites for hydroxylation is 1. The van der Waals surface area contributed by atoms with Crippen LogP contribution < -0.4 is 4.74 Å². The van der Waals surface area contributed by atoms with Gasteiger partial charge in [-0.1, -0.05) is 43.0 Å². The number of halogens is 1. The zero-order chi connectivity index (χ0) is 14.9. The normalized spacial score (nSPS) is 9.81. The maximum atomic E-state index is 5.78. The van der Waals surface area contributed by atoms with Crippen molar-refractivity contribution in [2.75, 3.05) is 5.88 Å². The molecule has 0 amide bonds. The second-order valence-corrected chi connectivity index (χ2v) is 5.10. The molecule has 0 aliphatic rings. The van der Waals surface area contributed by atoms with Crippen LogP contribution in [-0.4, -0.2) is 5.88 Å². The highest BCUT2D eigenvalue weighted by Gasteiger charge is 1.97. The summed E-state index contributed by atoms with van der Waals surface area (Å²) in [6, 6.07) is 16.4. The minimum absolute atomic E-state index is 0.574. The Labute approximate surface area is 131 Å². The van der Waals surface area contributed by atoms with Gasteiger partial charge in [-0.3, -0.25) is 0 Å². The molecule has 0 aliphatic heterocycles. The summed E-state index contributed by atoms with van der Waals surface area (Å²) in [4.78, 5) is 0. The van der Waals surface area contributed by atoms with Gasteiger partial charge in [0.1, 0.15) is 12.4 Å². The third-order valence-electron chi connectivity index (χ3n) is 3.14. The highest BCUT2D eigenvalue weighted by Crippen LogP contribution is 2.14. The van der Waals surface area contributed by atoms with E-state index >= 15 is 0 Å². The zero-order valence-electron chi connectivity index (χ0n) is 12.2. The molecule has 21 heavy (non-hydrogen) atoms. The Kier molecular flexibility index (Phi) is 6.19. The van der Waals surface area contributed by atoms with Crippen LogP contribution in [0.1, 0.15) is 30.0 Å². The van der Waals surface area contributed by atoms with Crippen LogP contribution in [0, 0.1) is 11.8 Å². The fraction of sp³-hybridized carbons (Fsp3) is 0.263. The Bertz CT molecular complexity index is 603. The topological polar surface area (TPSA) is 9.23 Å². The van der Waals surface area contributed by atoms with Gasteiger partial charge in [0.05, 0.1) is 0 Å². The number of ether oxygens (including phenoxy) is 1. The summed E-state index contributed by atoms with van der Waals surface area (Å²) in [7, 11) is 0. The predicted octanol–water partition coefficient (Wildman–Crippen LogP) is 4.81. The molecule has 2 rings (SSSR count). The average molecular weight is 299 g/mol. The first-order valence-electron chi connectivity index (χ1n) is 7.17. The van der Waals surface area contributed by atoms with Crippen LogP contribution in [0.15, 0.2) is 48.5 Å². The third-order valence-corrected chi connectivity index (χ3v) is 3.33. The molecule has 0 aromatic heterocycles. The Hall–Kier alpha value is -1.91. The van der Waals surface area contributed by atoms with Gasteiger partial charge in [-0.05, 0) is 41.8 Å². The van der Waals surface area contributed by atoms with Crippen LogP contribution in [0.25, 0.3) is 0 Å². The summed E-state index contributed by atoms with van der Waals surface area (Å²) in [5.41, 5.74) is 3.51. The quantitative estimate of drug-likeness (QED) is 0.568. The van der Waals surface area contributed by atoms with Gasteiger partial charge in [0.25, 0.3) is 0 Å². The number of benzene rings is 2. The van der Waals surface area contributed by atoms with Crippen molar-refractivity contribution in [1.82, 2.24) is 0 Å². The lowest BCUT2D eigenvalue weighted by molar-refractivity contribution is 0.306. The van der Waals surface area contributed by atoms with Crippen molar-refractivity contribution in [3.8, 4) is 17.6 Å². The molecule has 0 fully saturated rings. The van der Waals surface area contributed by atoms with Gasteiger partial charge in [-0.15, -0.1) is 11.6 Å². The van der Waals surface area contributed by atoms with Crippen LogP contribution in [-0.2, 0) is 13.0 Å². The van der Waals surface area contributed by atoms with E-state index < -0.39 is 0 Å². The lowest BCUT2D eigenvalue weighted by atomic mass is 10.1. The first kappa shape index (κ1) is 15.5. The molecule has 2 heteroatoms. The van der Waals surface area contributed by atoms with E-state index in [4.69, 9.17) is 16.3 Å². The van der Waals surface area contributed by atoms with Crippen LogP contribution in [0.2, 0.25) is 0 Å². The first-order chi connectivity index (χ1) is 10.3. The molecule has 0 unspecified atom stereocenters. The molecule has 0 saturated carbocycles. The standard InChI is InChI=1S/C19H19ClO/c1-2-16-6-8-18(9-7-16)15-21-19-12-10-17(11-13-19)5-3-4-14-20/h6-13H,2,4,14-15H2,1H3. The molecule has 0 N–H and O–H groups in total. The Morgan fingerprint density at radius 1 is 0.952 bits per heavy atom. The average Bonchev–Trinajstić information content (AvgIpc) is 2.55. The molecule has 1 nitrogen and oxygen atoms in total. The molecule has 108 valence electrons. The molecule has 0 radical (unpaired) electrons. The van der Waals surface area contributed by atoms with E-state index in [-0.39, 0.29) is 0 Å². The molecule has 0 spiro atoms. The molecule has 0 saturated heterocycles. The van der Waals surface area contributed by atoms with Gasteiger partial charge < -0.3 is 4.74 Å². The summed E-state index contributed by atoms with van der Waals surface area (Å²) in [5.74, 6) is 7.52. The summed E-state index contributed by atoms with van der Waals surface area (Å²) in [6.45, 7) is 2.74. The van der Waals surface area contributed by atoms with Crippen LogP contribution in [0.5, 0.6) is 5.75 Å². The van der Waals surface area contributed by atoms with E-state index in [2.05, 4.69) is 43.0 Å². The van der Waals surface area contributed by atoms with Crippen molar-refractivity contribution >= 4 is 11.6 Å². The molecule has 0 heterocycles. The van der Waals surface area contributed by atoms with Gasteiger partial charge in [0.2, 0.25) is 0 Å². The monoisotopic (exact) mass is 298 g/mol. The maximum Gasteiger partial charge on any atom is 0.119 e. The van der Waals surface area contributed by atoms with E-state index in [1.54, 1.807) is 0 Å². The van der Waals surface area contributed by atoms with Gasteiger partial charge in [0, 0.05) is 17.9 Å². The smallest absolute Gasteiger partial charge is 0.119 e. The van der Waals surface area contributed by atoms with Crippen LogP contribution >= 0.6 is 11.6 Å². The molecule has 0 aliphatic carbocycles. The number of hydrogen-bond acceptors (Lipinski definition) is 1. The molecule has 2 aromatic carbocycles. The van der Waals surface area contributed by atoms with Crippen molar-refractivity contribution in [2.45, 2.75) is 26.4 Å². The number of alkyl halides is 1. The highest BCUT2D eigenvalue weighted by molar-refractivity contribution is 6.18. The van der Waals surface area contributed by atoms with Gasteiger partial charge in [-0.25, -0.2) is 0 Å². The van der Waals surface area contributed by atoms with Crippen LogP contribution in [0.3, 0.4) is 0 Å². The van der Waals surface area contributed by atoms with Gasteiger partial charge in [0.15, 0.2) is 0 Å². The lowest BCUT2D eigenvalue weighted by Gasteiger charge is -2.07. The van der Waals surface area contributed by atoms with E-state index in [1.807, 2.05) is 24.3 Å². The van der Waals surface area contributed by atoms with Crippen molar-refractivity contribution in [1.29, 1.82) is 0 Å². The van der Waals surface area contributed by atoms with Crippen LogP contribution in [0.4, 0.5) is 0 Å². The minimum atomic E-state index is 0.574. The molecule has 0 bridgehead atoms. The maximum absolute atomic E-state index is 5.78. The second-order valence-electron chi connectivity index (χ2n) is 4.72. The number of hydrogen-bond donors (Lipinski definition) is 0. The summed E-state index contributed by atoms with van der Waals surface area (Å²) in [5, 5.41) is 0. The van der Waals surface area contributed by atoms with Crippen molar-refractivity contribution in [3.05, 3.63) is 65.2 Å². The molecular weight excluding hydrogens is 280 g/mol. The zero-order valence-corrected chi connectivity index (χ0v) is 13.0. The fourth-order valence-electron chi connectivity index (χ4n) is 1.88.